The molecule has 1 atom stereocenters. The number of fused-ring (bicyclic) bond motifs is 1. The van der Waals surface area contributed by atoms with Gasteiger partial charge in [-0.2, -0.15) is 0 Å². The zero-order chi connectivity index (χ0) is 22.0. The van der Waals surface area contributed by atoms with E-state index in [9.17, 15) is 14.0 Å². The van der Waals surface area contributed by atoms with Crippen LogP contribution in [0.15, 0.2) is 18.3 Å². The van der Waals surface area contributed by atoms with Gasteiger partial charge in [-0.05, 0) is 51.4 Å². The molecule has 1 aromatic carbocycles. The van der Waals surface area contributed by atoms with Crippen LogP contribution in [0.2, 0.25) is 0 Å². The van der Waals surface area contributed by atoms with Crippen molar-refractivity contribution in [2.45, 2.75) is 32.7 Å². The Kier molecular flexibility index (Phi) is 5.78. The van der Waals surface area contributed by atoms with Crippen LogP contribution in [0.5, 0.6) is 5.75 Å². The molecule has 1 amide bonds. The van der Waals surface area contributed by atoms with Crippen LogP contribution >= 0.6 is 0 Å². The average molecular weight is 423 g/mol. The van der Waals surface area contributed by atoms with Gasteiger partial charge in [-0.15, -0.1) is 0 Å². The average Bonchev–Trinajstić information content (AvgIpc) is 3.44. The van der Waals surface area contributed by atoms with E-state index in [0.29, 0.717) is 22.5 Å². The number of carbonyl (C=O) groups is 2. The highest BCUT2D eigenvalue weighted by Gasteiger charge is 2.29. The lowest BCUT2D eigenvalue weighted by Crippen LogP contribution is -2.18. The van der Waals surface area contributed by atoms with E-state index < -0.39 is 12.0 Å². The summed E-state index contributed by atoms with van der Waals surface area (Å²) < 4.78 is 24.6. The predicted octanol–water partition coefficient (Wildman–Crippen LogP) is 3.59. The molecule has 0 spiro atoms. The number of hydrogen-bond acceptors (Lipinski definition) is 5. The summed E-state index contributed by atoms with van der Waals surface area (Å²) in [6, 6.07) is 2.85. The standard InChI is InChI=1S/C23H22FN3O4/c1-3-30-23(29)31-20-12-26-19(13(20)2)11-16-21-15(7-6-14-5-4-10-25-14)17(24)8-9-18(21)27-22(16)28/h8-9,11-12,14,25-26H,3-5,10H2,1-2H3,(H,27,28)/b16-11-/t14-/m0/s1. The number of carbonyl (C=O) groups excluding carboxylic acids is 2. The molecule has 2 aliphatic heterocycles. The fourth-order valence-corrected chi connectivity index (χ4v) is 3.62. The Balaban J connectivity index is 1.71. The number of nitrogens with one attached hydrogen (secondary N) is 3. The maximum atomic E-state index is 14.7. The van der Waals surface area contributed by atoms with Crippen LogP contribution in [0.3, 0.4) is 0 Å². The SMILES string of the molecule is CCOC(=O)Oc1c[nH]c(/C=C2\C(=O)Nc3ccc(F)c(C#C[C@@H]4CCCN4)c32)c1C. The maximum Gasteiger partial charge on any atom is 0.513 e. The molecule has 1 aromatic heterocycles. The Morgan fingerprint density at radius 1 is 1.39 bits per heavy atom. The molecular formula is C23H22FN3O4. The Morgan fingerprint density at radius 2 is 2.23 bits per heavy atom. The number of halogens is 1. The summed E-state index contributed by atoms with van der Waals surface area (Å²) in [5.74, 6) is 5.45. The van der Waals surface area contributed by atoms with Crippen LogP contribution in [0.1, 0.15) is 42.1 Å². The highest BCUT2D eigenvalue weighted by Crippen LogP contribution is 2.37. The van der Waals surface area contributed by atoms with E-state index in [1.54, 1.807) is 19.9 Å². The van der Waals surface area contributed by atoms with Crippen molar-refractivity contribution in [2.24, 2.45) is 0 Å². The van der Waals surface area contributed by atoms with Gasteiger partial charge in [0.1, 0.15) is 5.82 Å². The number of H-pyrrole nitrogens is 1. The van der Waals surface area contributed by atoms with Gasteiger partial charge in [-0.3, -0.25) is 4.79 Å². The molecule has 1 fully saturated rings. The minimum Gasteiger partial charge on any atom is -0.434 e. The minimum absolute atomic E-state index is 0.0148. The van der Waals surface area contributed by atoms with Crippen LogP contribution in [0.25, 0.3) is 11.6 Å². The number of anilines is 1. The van der Waals surface area contributed by atoms with Gasteiger partial charge in [0, 0.05) is 23.0 Å². The topological polar surface area (TPSA) is 92.5 Å². The summed E-state index contributed by atoms with van der Waals surface area (Å²) in [6.07, 6.45) is 4.24. The summed E-state index contributed by atoms with van der Waals surface area (Å²) in [4.78, 5) is 27.2. The van der Waals surface area contributed by atoms with Crippen molar-refractivity contribution in [3.8, 4) is 17.6 Å². The first kappa shape index (κ1) is 20.7. The van der Waals surface area contributed by atoms with Gasteiger partial charge in [-0.1, -0.05) is 11.8 Å². The third-order valence-corrected chi connectivity index (χ3v) is 5.22. The van der Waals surface area contributed by atoms with Gasteiger partial charge in [0.15, 0.2) is 5.75 Å². The third-order valence-electron chi connectivity index (χ3n) is 5.22. The zero-order valence-electron chi connectivity index (χ0n) is 17.2. The van der Waals surface area contributed by atoms with Crippen LogP contribution < -0.4 is 15.4 Å². The predicted molar refractivity (Wildman–Crippen MR) is 114 cm³/mol. The molecule has 7 nitrogen and oxygen atoms in total. The number of hydrogen-bond donors (Lipinski definition) is 3. The van der Waals surface area contributed by atoms with Crippen LogP contribution in [0, 0.1) is 24.6 Å². The number of amides is 1. The van der Waals surface area contributed by atoms with Crippen molar-refractivity contribution in [3.63, 3.8) is 0 Å². The summed E-state index contributed by atoms with van der Waals surface area (Å²) in [5, 5.41) is 6.02. The fourth-order valence-electron chi connectivity index (χ4n) is 3.62. The van der Waals surface area contributed by atoms with E-state index in [2.05, 4.69) is 27.5 Å². The summed E-state index contributed by atoms with van der Waals surface area (Å²) in [7, 11) is 0. The van der Waals surface area contributed by atoms with Gasteiger partial charge in [0.05, 0.1) is 29.5 Å². The normalized spacial score (nSPS) is 18.4. The van der Waals surface area contributed by atoms with E-state index >= 15 is 0 Å². The molecule has 1 saturated heterocycles. The molecule has 31 heavy (non-hydrogen) atoms. The molecule has 4 rings (SSSR count). The van der Waals surface area contributed by atoms with E-state index in [1.165, 1.54) is 18.3 Å². The lowest BCUT2D eigenvalue weighted by molar-refractivity contribution is -0.110. The summed E-state index contributed by atoms with van der Waals surface area (Å²) in [6.45, 7) is 4.51. The Labute approximate surface area is 179 Å². The van der Waals surface area contributed by atoms with E-state index in [1.807, 2.05) is 0 Å². The molecule has 3 heterocycles. The van der Waals surface area contributed by atoms with E-state index in [0.717, 1.165) is 19.4 Å². The van der Waals surface area contributed by atoms with Crippen LogP contribution in [0.4, 0.5) is 14.9 Å². The lowest BCUT2D eigenvalue weighted by atomic mass is 9.98. The highest BCUT2D eigenvalue weighted by atomic mass is 19.1. The Morgan fingerprint density at radius 3 is 2.97 bits per heavy atom. The number of benzene rings is 1. The molecule has 0 saturated carbocycles. The molecule has 0 bridgehead atoms. The fraction of sp³-hybridized carbons (Fsp3) is 0.304. The number of rotatable bonds is 3. The molecule has 0 radical (unpaired) electrons. The summed E-state index contributed by atoms with van der Waals surface area (Å²) >= 11 is 0. The van der Waals surface area contributed by atoms with E-state index in [4.69, 9.17) is 9.47 Å². The highest BCUT2D eigenvalue weighted by molar-refractivity contribution is 6.35. The Hall–Kier alpha value is -3.57. The van der Waals surface area contributed by atoms with Gasteiger partial charge < -0.3 is 25.1 Å². The van der Waals surface area contributed by atoms with Crippen molar-refractivity contribution < 1.29 is 23.5 Å². The molecule has 8 heteroatoms. The van der Waals surface area contributed by atoms with Crippen LogP contribution in [-0.4, -0.2) is 36.2 Å². The van der Waals surface area contributed by atoms with Crippen LogP contribution in [-0.2, 0) is 9.53 Å². The Bertz CT molecular complexity index is 1130. The van der Waals surface area contributed by atoms with Crippen molar-refractivity contribution in [1.29, 1.82) is 0 Å². The second kappa shape index (κ2) is 8.66. The maximum absolute atomic E-state index is 14.7. The lowest BCUT2D eigenvalue weighted by Gasteiger charge is -2.05. The van der Waals surface area contributed by atoms with Gasteiger partial charge in [0.25, 0.3) is 5.91 Å². The molecule has 2 aliphatic rings. The van der Waals surface area contributed by atoms with Gasteiger partial charge >= 0.3 is 6.16 Å². The van der Waals surface area contributed by atoms with Crippen molar-refractivity contribution in [3.05, 3.63) is 46.5 Å². The molecule has 3 N–H and O–H groups in total. The zero-order valence-corrected chi connectivity index (χ0v) is 17.2. The van der Waals surface area contributed by atoms with E-state index in [-0.39, 0.29) is 35.4 Å². The minimum atomic E-state index is -0.812. The molecule has 2 aromatic rings. The number of aromatic amines is 1. The second-order valence-electron chi connectivity index (χ2n) is 7.25. The largest absolute Gasteiger partial charge is 0.513 e. The van der Waals surface area contributed by atoms with Crippen molar-refractivity contribution >= 4 is 29.4 Å². The molecular weight excluding hydrogens is 401 g/mol. The first-order valence-electron chi connectivity index (χ1n) is 10.1. The molecule has 0 unspecified atom stereocenters. The third kappa shape index (κ3) is 4.18. The molecule has 160 valence electrons. The second-order valence-corrected chi connectivity index (χ2v) is 7.25. The van der Waals surface area contributed by atoms with Gasteiger partial charge in [0.2, 0.25) is 0 Å². The quantitative estimate of drug-likeness (QED) is 0.399. The smallest absolute Gasteiger partial charge is 0.434 e. The van der Waals surface area contributed by atoms with Crippen molar-refractivity contribution in [2.75, 3.05) is 18.5 Å². The first-order chi connectivity index (χ1) is 15.0. The number of aromatic nitrogens is 1. The molecule has 0 aliphatic carbocycles. The van der Waals surface area contributed by atoms with Gasteiger partial charge in [-0.25, -0.2) is 9.18 Å². The number of ether oxygens (including phenoxy) is 2. The first-order valence-corrected chi connectivity index (χ1v) is 10.1. The monoisotopic (exact) mass is 423 g/mol. The van der Waals surface area contributed by atoms with Crippen molar-refractivity contribution in [1.82, 2.24) is 10.3 Å². The summed E-state index contributed by atoms with van der Waals surface area (Å²) in [5.41, 5.74) is 2.57.